The number of thioether (sulfide) groups is 1. The third-order valence-electron chi connectivity index (χ3n) is 3.95. The number of hydrogen-bond donors (Lipinski definition) is 3. The number of rotatable bonds is 6. The smallest absolute Gasteiger partial charge is 0.307 e. The minimum atomic E-state index is -0.558. The van der Waals surface area contributed by atoms with Crippen LogP contribution in [0, 0.1) is 13.8 Å². The molecule has 3 amide bonds. The Balaban J connectivity index is 1.51. The molecule has 2 heterocycles. The Kier molecular flexibility index (Phi) is 6.48. The van der Waals surface area contributed by atoms with E-state index in [0.29, 0.717) is 17.3 Å². The lowest BCUT2D eigenvalue weighted by atomic mass is 10.1. The van der Waals surface area contributed by atoms with Gasteiger partial charge in [-0.15, -0.1) is 16.4 Å². The highest BCUT2D eigenvalue weighted by Gasteiger charge is 2.19. The molecule has 0 aliphatic carbocycles. The first-order valence-corrected chi connectivity index (χ1v) is 10.5. The molecular weight excluding hydrogens is 394 g/mol. The average molecular weight is 416 g/mol. The summed E-state index contributed by atoms with van der Waals surface area (Å²) >= 11 is 2.85. The second kappa shape index (κ2) is 9.03. The number of H-pyrrole nitrogens is 1. The highest BCUT2D eigenvalue weighted by molar-refractivity contribution is 8.00. The Labute approximate surface area is 171 Å². The van der Waals surface area contributed by atoms with Crippen molar-refractivity contribution in [1.82, 2.24) is 20.5 Å². The second-order valence-corrected chi connectivity index (χ2v) is 8.68. The van der Waals surface area contributed by atoms with E-state index in [2.05, 4.69) is 25.8 Å². The minimum absolute atomic E-state index is 0.406. The molecule has 28 heavy (non-hydrogen) atoms. The number of carbonyl (C=O) groups is 2. The molecule has 0 bridgehead atoms. The summed E-state index contributed by atoms with van der Waals surface area (Å²) in [5.41, 5.74) is 2.71. The monoisotopic (exact) mass is 415 g/mol. The van der Waals surface area contributed by atoms with Gasteiger partial charge in [-0.25, -0.2) is 9.78 Å². The van der Waals surface area contributed by atoms with Crippen LogP contribution in [0.5, 0.6) is 0 Å². The van der Waals surface area contributed by atoms with Gasteiger partial charge in [0.2, 0.25) is 11.1 Å². The predicted molar refractivity (Wildman–Crippen MR) is 112 cm³/mol. The van der Waals surface area contributed by atoms with Crippen LogP contribution < -0.4 is 10.6 Å². The third-order valence-corrected chi connectivity index (χ3v) is 5.79. The summed E-state index contributed by atoms with van der Waals surface area (Å²) in [6.45, 7) is 5.59. The lowest BCUT2D eigenvalue weighted by molar-refractivity contribution is -0.119. The maximum absolute atomic E-state index is 12.3. The Hall–Kier alpha value is -2.65. The zero-order chi connectivity index (χ0) is 20.1. The fraction of sp³-hybridized carbons (Fsp3) is 0.263. The second-order valence-electron chi connectivity index (χ2n) is 6.34. The van der Waals surface area contributed by atoms with Crippen molar-refractivity contribution in [3.63, 3.8) is 0 Å². The number of imide groups is 1. The molecule has 1 aromatic carbocycles. The Morgan fingerprint density at radius 3 is 2.82 bits per heavy atom. The van der Waals surface area contributed by atoms with Gasteiger partial charge in [0.1, 0.15) is 5.82 Å². The summed E-state index contributed by atoms with van der Waals surface area (Å²) in [4.78, 5) is 30.0. The van der Waals surface area contributed by atoms with Gasteiger partial charge in [0.05, 0.1) is 5.25 Å². The fourth-order valence-electron chi connectivity index (χ4n) is 2.52. The molecule has 0 aliphatic heterocycles. The lowest BCUT2D eigenvalue weighted by Gasteiger charge is -2.12. The first-order valence-electron chi connectivity index (χ1n) is 8.70. The number of carbonyl (C=O) groups excluding carboxylic acids is 2. The maximum Gasteiger partial charge on any atom is 0.325 e. The molecule has 0 fully saturated rings. The van der Waals surface area contributed by atoms with Crippen LogP contribution in [0.3, 0.4) is 0 Å². The van der Waals surface area contributed by atoms with Crippen LogP contribution in [0.2, 0.25) is 0 Å². The van der Waals surface area contributed by atoms with E-state index in [1.807, 2.05) is 49.6 Å². The molecule has 1 unspecified atom stereocenters. The first-order chi connectivity index (χ1) is 13.4. The number of thiophene rings is 1. The molecule has 0 saturated carbocycles. The largest absolute Gasteiger partial charge is 0.325 e. The maximum atomic E-state index is 12.3. The summed E-state index contributed by atoms with van der Waals surface area (Å²) in [5, 5.41) is 14.1. The summed E-state index contributed by atoms with van der Waals surface area (Å²) in [6.07, 6.45) is 0.671. The fourth-order valence-corrected chi connectivity index (χ4v) is 3.97. The number of amides is 3. The standard InChI is InChI=1S/C19H21N5O2S2/c1-11-6-7-15(12(2)9-11)20-18(26)22-17(25)13(3)28-19-21-16(23-24-19)10-14-5-4-8-27-14/h4-9,13H,10H2,1-3H3,(H,21,23,24)(H2,20,22,25,26). The molecule has 3 N–H and O–H groups in total. The molecule has 7 nitrogen and oxygen atoms in total. The van der Waals surface area contributed by atoms with Crippen molar-refractivity contribution in [2.45, 2.75) is 37.6 Å². The lowest BCUT2D eigenvalue weighted by Crippen LogP contribution is -2.39. The number of nitrogens with one attached hydrogen (secondary N) is 3. The van der Waals surface area contributed by atoms with Gasteiger partial charge in [-0.05, 0) is 43.8 Å². The number of aromatic amines is 1. The molecule has 9 heteroatoms. The summed E-state index contributed by atoms with van der Waals surface area (Å²) in [6, 6.07) is 9.15. The summed E-state index contributed by atoms with van der Waals surface area (Å²) < 4.78 is 0. The summed E-state index contributed by atoms with van der Waals surface area (Å²) in [7, 11) is 0. The number of anilines is 1. The average Bonchev–Trinajstić information content (AvgIpc) is 3.30. The van der Waals surface area contributed by atoms with Crippen LogP contribution in [-0.4, -0.2) is 32.4 Å². The molecule has 1 atom stereocenters. The van der Waals surface area contributed by atoms with Crippen molar-refractivity contribution in [3.05, 3.63) is 57.5 Å². The molecule has 0 spiro atoms. The zero-order valence-corrected chi connectivity index (χ0v) is 17.4. The molecular formula is C19H21N5O2S2. The quantitative estimate of drug-likeness (QED) is 0.530. The Morgan fingerprint density at radius 1 is 1.29 bits per heavy atom. The van der Waals surface area contributed by atoms with Crippen LogP contribution in [0.25, 0.3) is 0 Å². The molecule has 146 valence electrons. The van der Waals surface area contributed by atoms with Gasteiger partial charge in [0, 0.05) is 17.0 Å². The van der Waals surface area contributed by atoms with Crippen molar-refractivity contribution in [3.8, 4) is 0 Å². The van der Waals surface area contributed by atoms with E-state index in [0.717, 1.165) is 17.0 Å². The molecule has 0 radical (unpaired) electrons. The van der Waals surface area contributed by atoms with Crippen molar-refractivity contribution in [2.24, 2.45) is 0 Å². The molecule has 0 saturated heterocycles. The summed E-state index contributed by atoms with van der Waals surface area (Å²) in [5.74, 6) is 0.335. The number of benzene rings is 1. The van der Waals surface area contributed by atoms with Crippen molar-refractivity contribution in [1.29, 1.82) is 0 Å². The molecule has 0 aliphatic rings. The van der Waals surface area contributed by atoms with E-state index in [1.54, 1.807) is 18.3 Å². The third kappa shape index (κ3) is 5.43. The Bertz CT molecular complexity index is 969. The van der Waals surface area contributed by atoms with E-state index in [9.17, 15) is 9.59 Å². The highest BCUT2D eigenvalue weighted by atomic mass is 32.2. The first kappa shape index (κ1) is 20.1. The SMILES string of the molecule is Cc1ccc(NC(=O)NC(=O)C(C)Sc2n[nH]c(Cc3cccs3)n2)c(C)c1. The van der Waals surface area contributed by atoms with Crippen LogP contribution in [0.4, 0.5) is 10.5 Å². The highest BCUT2D eigenvalue weighted by Crippen LogP contribution is 2.21. The van der Waals surface area contributed by atoms with E-state index in [-0.39, 0.29) is 0 Å². The van der Waals surface area contributed by atoms with E-state index < -0.39 is 17.2 Å². The van der Waals surface area contributed by atoms with Gasteiger partial charge < -0.3 is 5.32 Å². The molecule has 2 aromatic heterocycles. The van der Waals surface area contributed by atoms with Gasteiger partial charge in [0.15, 0.2) is 0 Å². The Morgan fingerprint density at radius 2 is 2.11 bits per heavy atom. The molecule has 3 rings (SSSR count). The van der Waals surface area contributed by atoms with E-state index >= 15 is 0 Å². The van der Waals surface area contributed by atoms with Crippen LogP contribution >= 0.6 is 23.1 Å². The number of aryl methyl sites for hydroxylation is 2. The van der Waals surface area contributed by atoms with Crippen LogP contribution in [-0.2, 0) is 11.2 Å². The van der Waals surface area contributed by atoms with Gasteiger partial charge in [-0.1, -0.05) is 35.5 Å². The zero-order valence-electron chi connectivity index (χ0n) is 15.8. The van der Waals surface area contributed by atoms with Crippen molar-refractivity contribution < 1.29 is 9.59 Å². The number of nitrogens with zero attached hydrogens (tertiary/aromatic N) is 2. The van der Waals surface area contributed by atoms with Crippen molar-refractivity contribution in [2.75, 3.05) is 5.32 Å². The van der Waals surface area contributed by atoms with Gasteiger partial charge in [0.25, 0.3) is 0 Å². The van der Waals surface area contributed by atoms with Gasteiger partial charge in [-0.2, -0.15) is 0 Å². The topological polar surface area (TPSA) is 99.8 Å². The normalized spacial score (nSPS) is 11.8. The predicted octanol–water partition coefficient (Wildman–Crippen LogP) is 3.90. The van der Waals surface area contributed by atoms with E-state index in [4.69, 9.17) is 0 Å². The number of aromatic nitrogens is 3. The van der Waals surface area contributed by atoms with E-state index in [1.165, 1.54) is 16.6 Å². The van der Waals surface area contributed by atoms with Gasteiger partial charge >= 0.3 is 6.03 Å². The van der Waals surface area contributed by atoms with Crippen molar-refractivity contribution >= 4 is 40.7 Å². The van der Waals surface area contributed by atoms with Crippen LogP contribution in [0.1, 0.15) is 28.8 Å². The molecule has 3 aromatic rings. The number of urea groups is 1. The number of hydrogen-bond acceptors (Lipinski definition) is 6. The minimum Gasteiger partial charge on any atom is -0.307 e. The van der Waals surface area contributed by atoms with Gasteiger partial charge in [-0.3, -0.25) is 15.2 Å². The van der Waals surface area contributed by atoms with Crippen LogP contribution in [0.15, 0.2) is 40.9 Å².